The van der Waals surface area contributed by atoms with E-state index in [0.29, 0.717) is 11.1 Å². The van der Waals surface area contributed by atoms with Crippen LogP contribution in [0, 0.1) is 12.7 Å². The highest BCUT2D eigenvalue weighted by atomic mass is 32.2. The van der Waals surface area contributed by atoms with E-state index in [2.05, 4.69) is 9.97 Å². The maximum Gasteiger partial charge on any atom is 0.252 e. The van der Waals surface area contributed by atoms with E-state index in [4.69, 9.17) is 0 Å². The number of hydrogen-bond acceptors (Lipinski definition) is 4. The van der Waals surface area contributed by atoms with E-state index < -0.39 is 26.3 Å². The number of hydrogen-bond donors (Lipinski definition) is 1. The zero-order valence-corrected chi connectivity index (χ0v) is 17.6. The minimum atomic E-state index is -4.23. The molecule has 0 spiro atoms. The van der Waals surface area contributed by atoms with Gasteiger partial charge in [0, 0.05) is 36.6 Å². The molecule has 4 rings (SSSR count). The van der Waals surface area contributed by atoms with Crippen LogP contribution in [0.2, 0.25) is 0 Å². The fourth-order valence-electron chi connectivity index (χ4n) is 3.38. The van der Waals surface area contributed by atoms with Crippen LogP contribution in [0.3, 0.4) is 0 Å². The number of pyridine rings is 2. The number of aryl methyl sites for hydroxylation is 1. The Morgan fingerprint density at radius 3 is 2.58 bits per heavy atom. The van der Waals surface area contributed by atoms with Gasteiger partial charge in [-0.2, -0.15) is 4.31 Å². The number of fused-ring (bicyclic) bond motifs is 1. The SMILES string of the molecule is Cc1ccc2cc(CN(Cc3cccnc3)S(=O)(=O)c3ccccc3F)c(=O)[nH]c2c1. The normalized spacial score (nSPS) is 11.8. The molecule has 0 saturated carbocycles. The maximum atomic E-state index is 14.4. The highest BCUT2D eigenvalue weighted by Gasteiger charge is 2.28. The summed E-state index contributed by atoms with van der Waals surface area (Å²) in [6, 6.07) is 15.9. The van der Waals surface area contributed by atoms with Crippen molar-refractivity contribution in [3.8, 4) is 0 Å². The number of H-pyrrole nitrogens is 1. The van der Waals surface area contributed by atoms with Crippen molar-refractivity contribution in [3.63, 3.8) is 0 Å². The highest BCUT2D eigenvalue weighted by Crippen LogP contribution is 2.23. The highest BCUT2D eigenvalue weighted by molar-refractivity contribution is 7.89. The predicted molar refractivity (Wildman–Crippen MR) is 116 cm³/mol. The summed E-state index contributed by atoms with van der Waals surface area (Å²) in [5.74, 6) is -0.846. The van der Waals surface area contributed by atoms with Gasteiger partial charge in [0.1, 0.15) is 10.7 Å². The zero-order chi connectivity index (χ0) is 22.0. The summed E-state index contributed by atoms with van der Waals surface area (Å²) in [6.45, 7) is 1.64. The topological polar surface area (TPSA) is 83.1 Å². The van der Waals surface area contributed by atoms with E-state index in [1.165, 1.54) is 24.4 Å². The van der Waals surface area contributed by atoms with Gasteiger partial charge in [-0.15, -0.1) is 0 Å². The molecule has 0 aliphatic heterocycles. The average Bonchev–Trinajstić information content (AvgIpc) is 2.74. The monoisotopic (exact) mass is 437 g/mol. The minimum absolute atomic E-state index is 0.0596. The van der Waals surface area contributed by atoms with Crippen LogP contribution in [0.15, 0.2) is 82.7 Å². The fourth-order valence-corrected chi connectivity index (χ4v) is 4.85. The molecule has 0 bridgehead atoms. The third-order valence-electron chi connectivity index (χ3n) is 4.96. The van der Waals surface area contributed by atoms with Gasteiger partial charge >= 0.3 is 0 Å². The number of sulfonamides is 1. The molecular formula is C23H20FN3O3S. The number of rotatable bonds is 6. The molecule has 6 nitrogen and oxygen atoms in total. The Balaban J connectivity index is 1.79. The molecule has 158 valence electrons. The minimum Gasteiger partial charge on any atom is -0.322 e. The first-order chi connectivity index (χ1) is 14.8. The molecule has 0 atom stereocenters. The number of benzene rings is 2. The van der Waals surface area contributed by atoms with Crippen molar-refractivity contribution >= 4 is 20.9 Å². The summed E-state index contributed by atoms with van der Waals surface area (Å²) in [5.41, 5.74) is 2.16. The van der Waals surface area contributed by atoms with Gasteiger partial charge in [0.05, 0.1) is 0 Å². The van der Waals surface area contributed by atoms with Crippen molar-refractivity contribution in [2.24, 2.45) is 0 Å². The van der Waals surface area contributed by atoms with Crippen LogP contribution in [0.25, 0.3) is 10.9 Å². The predicted octanol–water partition coefficient (Wildman–Crippen LogP) is 3.76. The lowest BCUT2D eigenvalue weighted by Gasteiger charge is -2.22. The van der Waals surface area contributed by atoms with Crippen LogP contribution in [0.1, 0.15) is 16.7 Å². The van der Waals surface area contributed by atoms with Gasteiger partial charge < -0.3 is 4.98 Å². The second-order valence-electron chi connectivity index (χ2n) is 7.28. The largest absolute Gasteiger partial charge is 0.322 e. The van der Waals surface area contributed by atoms with E-state index in [1.807, 2.05) is 25.1 Å². The molecule has 0 amide bonds. The maximum absolute atomic E-state index is 14.4. The summed E-state index contributed by atoms with van der Waals surface area (Å²) in [7, 11) is -4.23. The second-order valence-corrected chi connectivity index (χ2v) is 9.19. The molecule has 2 aromatic heterocycles. The van der Waals surface area contributed by atoms with Crippen molar-refractivity contribution in [2.45, 2.75) is 24.9 Å². The van der Waals surface area contributed by atoms with Crippen molar-refractivity contribution in [1.82, 2.24) is 14.3 Å². The lowest BCUT2D eigenvalue weighted by atomic mass is 10.1. The molecule has 31 heavy (non-hydrogen) atoms. The Kier molecular flexibility index (Phi) is 5.67. The number of aromatic nitrogens is 2. The first-order valence-electron chi connectivity index (χ1n) is 9.61. The van der Waals surface area contributed by atoms with Gasteiger partial charge in [0.2, 0.25) is 10.0 Å². The summed E-state index contributed by atoms with van der Waals surface area (Å²) >= 11 is 0. The Labute approximate surface area is 179 Å². The van der Waals surface area contributed by atoms with E-state index in [1.54, 1.807) is 24.4 Å². The van der Waals surface area contributed by atoms with E-state index in [0.717, 1.165) is 21.3 Å². The molecule has 0 aliphatic rings. The third-order valence-corrected chi connectivity index (χ3v) is 6.79. The van der Waals surface area contributed by atoms with Crippen LogP contribution < -0.4 is 5.56 Å². The summed E-state index contributed by atoms with van der Waals surface area (Å²) in [4.78, 5) is 19.1. The van der Waals surface area contributed by atoms with Crippen LogP contribution in [-0.2, 0) is 23.1 Å². The summed E-state index contributed by atoms with van der Waals surface area (Å²) in [5, 5.41) is 0.782. The van der Waals surface area contributed by atoms with Crippen LogP contribution in [-0.4, -0.2) is 22.7 Å². The molecule has 0 saturated heterocycles. The number of halogens is 1. The molecule has 0 aliphatic carbocycles. The third kappa shape index (κ3) is 4.40. The van der Waals surface area contributed by atoms with Crippen molar-refractivity contribution < 1.29 is 12.8 Å². The Morgan fingerprint density at radius 2 is 1.84 bits per heavy atom. The second kappa shape index (κ2) is 8.41. The molecule has 2 heterocycles. The fraction of sp³-hybridized carbons (Fsp3) is 0.130. The quantitative estimate of drug-likeness (QED) is 0.498. The smallest absolute Gasteiger partial charge is 0.252 e. The van der Waals surface area contributed by atoms with Crippen LogP contribution in [0.5, 0.6) is 0 Å². The van der Waals surface area contributed by atoms with Crippen molar-refractivity contribution in [3.05, 3.63) is 106 Å². The van der Waals surface area contributed by atoms with E-state index in [-0.39, 0.29) is 18.7 Å². The van der Waals surface area contributed by atoms with Gasteiger partial charge in [-0.3, -0.25) is 9.78 Å². The Bertz CT molecular complexity index is 1400. The lowest BCUT2D eigenvalue weighted by molar-refractivity contribution is 0.396. The summed E-state index contributed by atoms with van der Waals surface area (Å²) in [6.07, 6.45) is 3.12. The number of nitrogens with one attached hydrogen (secondary N) is 1. The number of aromatic amines is 1. The van der Waals surface area contributed by atoms with Gasteiger partial charge in [-0.25, -0.2) is 12.8 Å². The van der Waals surface area contributed by atoms with Gasteiger partial charge in [-0.1, -0.05) is 30.3 Å². The van der Waals surface area contributed by atoms with Crippen molar-refractivity contribution in [1.29, 1.82) is 0 Å². The molecule has 0 fully saturated rings. The standard InChI is InChI=1S/C23H20FN3O3S/c1-16-8-9-18-12-19(23(28)26-21(18)11-16)15-27(14-17-5-4-10-25-13-17)31(29,30)22-7-3-2-6-20(22)24/h2-13H,14-15H2,1H3,(H,26,28). The summed E-state index contributed by atoms with van der Waals surface area (Å²) < 4.78 is 42.1. The first-order valence-corrected chi connectivity index (χ1v) is 11.0. The molecule has 2 aromatic carbocycles. The molecule has 0 radical (unpaired) electrons. The molecule has 8 heteroatoms. The van der Waals surface area contributed by atoms with Crippen LogP contribution in [0.4, 0.5) is 4.39 Å². The molecule has 1 N–H and O–H groups in total. The molecular weight excluding hydrogens is 417 g/mol. The molecule has 4 aromatic rings. The Morgan fingerprint density at radius 1 is 1.03 bits per heavy atom. The Hall–Kier alpha value is -3.36. The zero-order valence-electron chi connectivity index (χ0n) is 16.7. The first kappa shape index (κ1) is 20.9. The average molecular weight is 437 g/mol. The van der Waals surface area contributed by atoms with Gasteiger partial charge in [0.15, 0.2) is 0 Å². The van der Waals surface area contributed by atoms with E-state index in [9.17, 15) is 17.6 Å². The number of nitrogens with zero attached hydrogens (tertiary/aromatic N) is 2. The van der Waals surface area contributed by atoms with Crippen LogP contribution >= 0.6 is 0 Å². The van der Waals surface area contributed by atoms with Gasteiger partial charge in [-0.05, 0) is 53.8 Å². The van der Waals surface area contributed by atoms with Gasteiger partial charge in [0.25, 0.3) is 5.56 Å². The molecule has 0 unspecified atom stereocenters. The van der Waals surface area contributed by atoms with E-state index >= 15 is 0 Å². The van der Waals surface area contributed by atoms with Crippen molar-refractivity contribution in [2.75, 3.05) is 0 Å². The lowest BCUT2D eigenvalue weighted by Crippen LogP contribution is -2.33.